The molecule has 2 rings (SSSR count). The Hall–Kier alpha value is -1.61. The number of nitrogens with one attached hydrogen (secondary N) is 2. The fraction of sp³-hybridized carbons (Fsp3) is 0.667. The molecule has 0 bridgehead atoms. The lowest BCUT2D eigenvalue weighted by atomic mass is 9.98. The summed E-state index contributed by atoms with van der Waals surface area (Å²) in [5.41, 5.74) is 7.11. The molecule has 0 aromatic carbocycles. The van der Waals surface area contributed by atoms with E-state index in [2.05, 4.69) is 14.9 Å². The second kappa shape index (κ2) is 6.02. The molecule has 8 nitrogen and oxygen atoms in total. The van der Waals surface area contributed by atoms with Gasteiger partial charge < -0.3 is 10.6 Å². The van der Waals surface area contributed by atoms with Gasteiger partial charge in [0.1, 0.15) is 0 Å². The van der Waals surface area contributed by atoms with Gasteiger partial charge in [-0.1, -0.05) is 0 Å². The van der Waals surface area contributed by atoms with Crippen molar-refractivity contribution >= 4 is 21.6 Å². The summed E-state index contributed by atoms with van der Waals surface area (Å²) in [6, 6.07) is 0. The number of sulfonamides is 1. The van der Waals surface area contributed by atoms with Gasteiger partial charge in [-0.15, -0.1) is 0 Å². The van der Waals surface area contributed by atoms with E-state index in [1.165, 1.54) is 0 Å². The van der Waals surface area contributed by atoms with Gasteiger partial charge in [0, 0.05) is 19.6 Å². The van der Waals surface area contributed by atoms with E-state index in [-0.39, 0.29) is 17.5 Å². The summed E-state index contributed by atoms with van der Waals surface area (Å²) >= 11 is 0. The molecule has 118 valence electrons. The Morgan fingerprint density at radius 1 is 1.57 bits per heavy atom. The van der Waals surface area contributed by atoms with Crippen molar-refractivity contribution in [2.75, 3.05) is 31.6 Å². The van der Waals surface area contributed by atoms with E-state index < -0.39 is 10.0 Å². The smallest absolute Gasteiger partial charge is 0.276 e. The van der Waals surface area contributed by atoms with Gasteiger partial charge in [-0.05, 0) is 25.7 Å². The third-order valence-corrected chi connectivity index (χ3v) is 4.33. The Kier molecular flexibility index (Phi) is 4.52. The van der Waals surface area contributed by atoms with Crippen LogP contribution in [-0.4, -0.2) is 55.3 Å². The lowest BCUT2D eigenvalue weighted by Gasteiger charge is -2.32. The fourth-order valence-electron chi connectivity index (χ4n) is 2.44. The van der Waals surface area contributed by atoms with Gasteiger partial charge >= 0.3 is 0 Å². The molecule has 1 fully saturated rings. The molecule has 1 unspecified atom stereocenters. The number of aromatic amines is 1. The third-order valence-electron chi connectivity index (χ3n) is 3.64. The molecule has 1 saturated heterocycles. The Balaban J connectivity index is 2.00. The number of hydrogen-bond acceptors (Lipinski definition) is 5. The van der Waals surface area contributed by atoms with E-state index in [4.69, 9.17) is 5.73 Å². The van der Waals surface area contributed by atoms with Crippen molar-refractivity contribution in [1.82, 2.24) is 19.8 Å². The number of nitrogen functional groups attached to an aromatic ring is 1. The molecule has 1 aliphatic rings. The maximum absolute atomic E-state index is 12.4. The number of nitrogens with zero attached hydrogens (tertiary/aromatic N) is 2. The minimum absolute atomic E-state index is 0.110. The topological polar surface area (TPSA) is 121 Å². The molecule has 0 radical (unpaired) electrons. The van der Waals surface area contributed by atoms with Crippen LogP contribution in [0.15, 0.2) is 0 Å². The highest BCUT2D eigenvalue weighted by molar-refractivity contribution is 7.88. The molecule has 0 aliphatic carbocycles. The maximum Gasteiger partial charge on any atom is 0.276 e. The zero-order valence-corrected chi connectivity index (χ0v) is 13.0. The Morgan fingerprint density at radius 2 is 2.29 bits per heavy atom. The second-order valence-corrected chi connectivity index (χ2v) is 7.32. The second-order valence-electron chi connectivity index (χ2n) is 5.49. The van der Waals surface area contributed by atoms with E-state index in [1.54, 1.807) is 11.8 Å². The van der Waals surface area contributed by atoms with Crippen LogP contribution in [0.1, 0.15) is 29.0 Å². The largest absolute Gasteiger partial charge is 0.395 e. The number of carbonyl (C=O) groups excluding carboxylic acids is 1. The van der Waals surface area contributed by atoms with Crippen molar-refractivity contribution in [1.29, 1.82) is 0 Å². The molecular weight excluding hydrogens is 294 g/mol. The molecule has 0 spiro atoms. The van der Waals surface area contributed by atoms with Crippen molar-refractivity contribution < 1.29 is 13.2 Å². The van der Waals surface area contributed by atoms with Crippen molar-refractivity contribution in [2.24, 2.45) is 5.92 Å². The fourth-order valence-corrected chi connectivity index (χ4v) is 2.97. The number of aryl methyl sites for hydroxylation is 1. The van der Waals surface area contributed by atoms with Crippen molar-refractivity contribution in [2.45, 2.75) is 19.8 Å². The SMILES string of the molecule is Cc1[nH]nc(C(=O)N2CCCC(CNS(C)(=O)=O)C2)c1N. The zero-order chi connectivity index (χ0) is 15.6. The molecule has 1 aromatic rings. The van der Waals surface area contributed by atoms with Gasteiger partial charge in [0.25, 0.3) is 5.91 Å². The number of H-pyrrole nitrogens is 1. The first-order valence-corrected chi connectivity index (χ1v) is 8.71. The Bertz CT molecular complexity index is 625. The van der Waals surface area contributed by atoms with Crippen LogP contribution in [-0.2, 0) is 10.0 Å². The summed E-state index contributed by atoms with van der Waals surface area (Å²) in [6.07, 6.45) is 2.86. The first-order valence-electron chi connectivity index (χ1n) is 6.82. The number of carbonyl (C=O) groups is 1. The lowest BCUT2D eigenvalue weighted by molar-refractivity contribution is 0.0671. The highest BCUT2D eigenvalue weighted by Crippen LogP contribution is 2.20. The number of piperidine rings is 1. The number of hydrogen-bond donors (Lipinski definition) is 3. The van der Waals surface area contributed by atoms with Gasteiger partial charge in [0.15, 0.2) is 5.69 Å². The number of rotatable bonds is 4. The van der Waals surface area contributed by atoms with E-state index in [1.807, 2.05) is 0 Å². The van der Waals surface area contributed by atoms with Crippen LogP contribution in [0.25, 0.3) is 0 Å². The average Bonchev–Trinajstić information content (AvgIpc) is 2.76. The molecule has 4 N–H and O–H groups in total. The summed E-state index contributed by atoms with van der Waals surface area (Å²) in [5.74, 6) is -0.0976. The van der Waals surface area contributed by atoms with E-state index in [9.17, 15) is 13.2 Å². The van der Waals surface area contributed by atoms with Crippen LogP contribution in [0, 0.1) is 12.8 Å². The van der Waals surface area contributed by atoms with E-state index >= 15 is 0 Å². The molecule has 9 heteroatoms. The van der Waals surface area contributed by atoms with Crippen LogP contribution in [0.4, 0.5) is 5.69 Å². The van der Waals surface area contributed by atoms with Gasteiger partial charge in [0.2, 0.25) is 10.0 Å². The minimum Gasteiger partial charge on any atom is -0.395 e. The quantitative estimate of drug-likeness (QED) is 0.704. The predicted octanol–water partition coefficient (Wildman–Crippen LogP) is -0.298. The summed E-state index contributed by atoms with van der Waals surface area (Å²) in [6.45, 7) is 3.25. The standard InChI is InChI=1S/C12H21N5O3S/c1-8-10(13)11(16-15-8)12(18)17-5-3-4-9(7-17)6-14-21(2,19)20/h9,14H,3-7,13H2,1-2H3,(H,15,16). The van der Waals surface area contributed by atoms with Crippen LogP contribution in [0.3, 0.4) is 0 Å². The third kappa shape index (κ3) is 3.94. The highest BCUT2D eigenvalue weighted by Gasteiger charge is 2.27. The molecule has 1 aromatic heterocycles. The summed E-state index contributed by atoms with van der Waals surface area (Å²) in [4.78, 5) is 14.1. The molecule has 21 heavy (non-hydrogen) atoms. The number of aromatic nitrogens is 2. The predicted molar refractivity (Wildman–Crippen MR) is 79.2 cm³/mol. The molecule has 1 atom stereocenters. The Labute approximate surface area is 124 Å². The summed E-state index contributed by atoms with van der Waals surface area (Å²) in [5, 5.41) is 6.65. The molecule has 1 aliphatic heterocycles. The number of likely N-dealkylation sites (tertiary alicyclic amines) is 1. The monoisotopic (exact) mass is 315 g/mol. The molecule has 2 heterocycles. The molecule has 0 saturated carbocycles. The maximum atomic E-state index is 12.4. The Morgan fingerprint density at radius 3 is 2.86 bits per heavy atom. The summed E-state index contributed by atoms with van der Waals surface area (Å²) < 4.78 is 24.8. The van der Waals surface area contributed by atoms with Crippen LogP contribution in [0.2, 0.25) is 0 Å². The van der Waals surface area contributed by atoms with E-state index in [0.717, 1.165) is 19.1 Å². The first kappa shape index (κ1) is 15.8. The zero-order valence-electron chi connectivity index (χ0n) is 12.2. The van der Waals surface area contributed by atoms with Crippen LogP contribution >= 0.6 is 0 Å². The first-order chi connectivity index (χ1) is 9.78. The number of nitrogens with two attached hydrogens (primary N) is 1. The average molecular weight is 315 g/mol. The van der Waals surface area contributed by atoms with Crippen molar-refractivity contribution in [3.8, 4) is 0 Å². The van der Waals surface area contributed by atoms with Crippen LogP contribution < -0.4 is 10.5 Å². The van der Waals surface area contributed by atoms with Crippen LogP contribution in [0.5, 0.6) is 0 Å². The van der Waals surface area contributed by atoms with Gasteiger partial charge in [-0.2, -0.15) is 5.10 Å². The van der Waals surface area contributed by atoms with Gasteiger partial charge in [-0.25, -0.2) is 13.1 Å². The molecule has 1 amide bonds. The van der Waals surface area contributed by atoms with Crippen molar-refractivity contribution in [3.63, 3.8) is 0 Å². The minimum atomic E-state index is -3.21. The van der Waals surface area contributed by atoms with Gasteiger partial charge in [-0.3, -0.25) is 9.89 Å². The lowest BCUT2D eigenvalue weighted by Crippen LogP contribution is -2.43. The van der Waals surface area contributed by atoms with Gasteiger partial charge in [0.05, 0.1) is 17.6 Å². The number of anilines is 1. The summed E-state index contributed by atoms with van der Waals surface area (Å²) in [7, 11) is -3.21. The molecular formula is C12H21N5O3S. The normalized spacial score (nSPS) is 19.7. The van der Waals surface area contributed by atoms with Crippen molar-refractivity contribution in [3.05, 3.63) is 11.4 Å². The number of amides is 1. The van der Waals surface area contributed by atoms with E-state index in [0.29, 0.717) is 31.0 Å². The highest BCUT2D eigenvalue weighted by atomic mass is 32.2.